The molecule has 3 rings (SSSR count). The summed E-state index contributed by atoms with van der Waals surface area (Å²) in [4.78, 5) is 11.2. The second-order valence-corrected chi connectivity index (χ2v) is 8.91. The van der Waals surface area contributed by atoms with Crippen LogP contribution >= 0.6 is 35.7 Å². The molecule has 27 heavy (non-hydrogen) atoms. The van der Waals surface area contributed by atoms with Gasteiger partial charge in [-0.2, -0.15) is 11.8 Å². The second kappa shape index (κ2) is 9.82. The molecule has 1 atom stereocenters. The zero-order chi connectivity index (χ0) is 18.6. The number of guanidine groups is 1. The van der Waals surface area contributed by atoms with Gasteiger partial charge in [0.15, 0.2) is 5.96 Å². The number of hydrogen-bond donors (Lipinski definition) is 2. The monoisotopic (exact) mass is 499 g/mol. The Kier molecular flexibility index (Phi) is 8.03. The van der Waals surface area contributed by atoms with Crippen LogP contribution in [0.1, 0.15) is 25.3 Å². The highest BCUT2D eigenvalue weighted by Gasteiger charge is 2.29. The molecule has 148 valence electrons. The minimum atomic E-state index is 0. The van der Waals surface area contributed by atoms with Crippen LogP contribution < -0.4 is 15.5 Å². The van der Waals surface area contributed by atoms with Gasteiger partial charge in [0.1, 0.15) is 5.82 Å². The Balaban J connectivity index is 0.00000261. The van der Waals surface area contributed by atoms with Gasteiger partial charge in [-0.25, -0.2) is 4.98 Å². The van der Waals surface area contributed by atoms with Crippen molar-refractivity contribution in [3.05, 3.63) is 35.9 Å². The number of anilines is 1. The fourth-order valence-electron chi connectivity index (χ4n) is 3.25. The molecule has 7 heteroatoms. The number of fused-ring (bicyclic) bond motifs is 1. The molecular formula is C20H30IN5S. The summed E-state index contributed by atoms with van der Waals surface area (Å²) in [7, 11) is 5.87. The topological polar surface area (TPSA) is 52.6 Å². The van der Waals surface area contributed by atoms with E-state index in [2.05, 4.69) is 58.6 Å². The van der Waals surface area contributed by atoms with Crippen LogP contribution in [0, 0.1) is 0 Å². The maximum absolute atomic E-state index is 4.73. The average Bonchev–Trinajstić information content (AvgIpc) is 3.08. The summed E-state index contributed by atoms with van der Waals surface area (Å²) in [6, 6.07) is 10.4. The van der Waals surface area contributed by atoms with E-state index in [0.29, 0.717) is 11.3 Å². The predicted octanol–water partition coefficient (Wildman–Crippen LogP) is 3.87. The highest BCUT2D eigenvalue weighted by atomic mass is 127. The van der Waals surface area contributed by atoms with Crippen molar-refractivity contribution in [1.82, 2.24) is 15.6 Å². The van der Waals surface area contributed by atoms with Gasteiger partial charge in [0.25, 0.3) is 0 Å². The SMILES string of the molecule is CN=C(NCc1cc(N(C)C)nc2ccccc12)NCC1(C)CCCS1.I. The van der Waals surface area contributed by atoms with Crippen molar-refractivity contribution >= 4 is 58.4 Å². The van der Waals surface area contributed by atoms with Crippen molar-refractivity contribution in [1.29, 1.82) is 0 Å². The average molecular weight is 499 g/mol. The smallest absolute Gasteiger partial charge is 0.191 e. The molecule has 1 aromatic heterocycles. The lowest BCUT2D eigenvalue weighted by atomic mass is 10.1. The third-order valence-corrected chi connectivity index (χ3v) is 6.38. The van der Waals surface area contributed by atoms with E-state index in [1.54, 1.807) is 0 Å². The van der Waals surface area contributed by atoms with E-state index < -0.39 is 0 Å². The van der Waals surface area contributed by atoms with E-state index in [1.807, 2.05) is 32.1 Å². The molecular weight excluding hydrogens is 469 g/mol. The number of nitrogens with one attached hydrogen (secondary N) is 2. The maximum atomic E-state index is 4.73. The van der Waals surface area contributed by atoms with Gasteiger partial charge < -0.3 is 15.5 Å². The number of benzene rings is 1. The van der Waals surface area contributed by atoms with E-state index in [0.717, 1.165) is 23.8 Å². The largest absolute Gasteiger partial charge is 0.363 e. The van der Waals surface area contributed by atoms with E-state index >= 15 is 0 Å². The van der Waals surface area contributed by atoms with Gasteiger partial charge in [0.2, 0.25) is 0 Å². The van der Waals surface area contributed by atoms with Gasteiger partial charge in [-0.15, -0.1) is 24.0 Å². The first-order valence-electron chi connectivity index (χ1n) is 9.15. The standard InChI is InChI=1S/C20H29N5S.HI/c1-20(10-7-11-26-20)14-23-19(21-2)22-13-15-12-18(25(3)4)24-17-9-6-5-8-16(15)17;/h5-6,8-9,12H,7,10-11,13-14H2,1-4H3,(H2,21,22,23);1H. The summed E-state index contributed by atoms with van der Waals surface area (Å²) < 4.78 is 0.319. The van der Waals surface area contributed by atoms with Crippen molar-refractivity contribution < 1.29 is 0 Å². The zero-order valence-corrected chi connectivity index (χ0v) is 19.7. The molecule has 2 aromatic rings. The molecule has 0 bridgehead atoms. The molecule has 1 aliphatic heterocycles. The number of aliphatic imine (C=N–C) groups is 1. The van der Waals surface area contributed by atoms with Crippen LogP contribution in [-0.2, 0) is 6.54 Å². The summed E-state index contributed by atoms with van der Waals surface area (Å²) >= 11 is 2.06. The molecule has 0 radical (unpaired) electrons. The molecule has 0 spiro atoms. The molecule has 1 saturated heterocycles. The Morgan fingerprint density at radius 3 is 2.74 bits per heavy atom. The molecule has 0 aliphatic carbocycles. The Bertz CT molecular complexity index is 787. The van der Waals surface area contributed by atoms with Gasteiger partial charge in [0.05, 0.1) is 5.52 Å². The van der Waals surface area contributed by atoms with E-state index in [-0.39, 0.29) is 24.0 Å². The normalized spacial score (nSPS) is 19.6. The predicted molar refractivity (Wildman–Crippen MR) is 130 cm³/mol. The summed E-state index contributed by atoms with van der Waals surface area (Å²) in [5.41, 5.74) is 2.25. The third kappa shape index (κ3) is 5.63. The first kappa shape index (κ1) is 22.1. The first-order valence-corrected chi connectivity index (χ1v) is 10.1. The van der Waals surface area contributed by atoms with Crippen LogP contribution in [0.4, 0.5) is 5.82 Å². The van der Waals surface area contributed by atoms with Crippen molar-refractivity contribution in [2.45, 2.75) is 31.1 Å². The molecule has 1 aromatic carbocycles. The summed E-state index contributed by atoms with van der Waals surface area (Å²) in [6.07, 6.45) is 2.58. The van der Waals surface area contributed by atoms with Gasteiger partial charge in [0, 0.05) is 44.4 Å². The molecule has 1 unspecified atom stereocenters. The number of rotatable bonds is 5. The molecule has 0 amide bonds. The molecule has 5 nitrogen and oxygen atoms in total. The molecule has 2 heterocycles. The van der Waals surface area contributed by atoms with Crippen LogP contribution in [0.3, 0.4) is 0 Å². The number of thioether (sulfide) groups is 1. The number of para-hydroxylation sites is 1. The number of pyridine rings is 1. The highest BCUT2D eigenvalue weighted by Crippen LogP contribution is 2.36. The van der Waals surface area contributed by atoms with Gasteiger partial charge >= 0.3 is 0 Å². The number of halogens is 1. The van der Waals surface area contributed by atoms with Crippen molar-refractivity contribution in [2.75, 3.05) is 38.3 Å². The van der Waals surface area contributed by atoms with Gasteiger partial charge in [-0.3, -0.25) is 4.99 Å². The van der Waals surface area contributed by atoms with Gasteiger partial charge in [-0.1, -0.05) is 18.2 Å². The summed E-state index contributed by atoms with van der Waals surface area (Å²) in [5, 5.41) is 8.15. The minimum Gasteiger partial charge on any atom is -0.363 e. The van der Waals surface area contributed by atoms with Crippen LogP contribution in [-0.4, -0.2) is 49.1 Å². The van der Waals surface area contributed by atoms with Crippen molar-refractivity contribution in [2.24, 2.45) is 4.99 Å². The number of nitrogens with zero attached hydrogens (tertiary/aromatic N) is 3. The summed E-state index contributed by atoms with van der Waals surface area (Å²) in [5.74, 6) is 3.09. The quantitative estimate of drug-likeness (QED) is 0.372. The van der Waals surface area contributed by atoms with Crippen LogP contribution in [0.2, 0.25) is 0 Å². The Hall–Kier alpha value is -1.22. The Labute approximate surface area is 183 Å². The minimum absolute atomic E-state index is 0. The first-order chi connectivity index (χ1) is 12.5. The van der Waals surface area contributed by atoms with Crippen LogP contribution in [0.25, 0.3) is 10.9 Å². The van der Waals surface area contributed by atoms with E-state index in [9.17, 15) is 0 Å². The second-order valence-electron chi connectivity index (χ2n) is 7.23. The Morgan fingerprint density at radius 2 is 2.07 bits per heavy atom. The molecule has 1 fully saturated rings. The summed E-state index contributed by atoms with van der Waals surface area (Å²) in [6.45, 7) is 4.00. The fourth-order valence-corrected chi connectivity index (χ4v) is 4.50. The van der Waals surface area contributed by atoms with E-state index in [4.69, 9.17) is 4.98 Å². The van der Waals surface area contributed by atoms with Crippen molar-refractivity contribution in [3.63, 3.8) is 0 Å². The van der Waals surface area contributed by atoms with Crippen LogP contribution in [0.5, 0.6) is 0 Å². The third-order valence-electron chi connectivity index (χ3n) is 4.85. The number of hydrogen-bond acceptors (Lipinski definition) is 4. The Morgan fingerprint density at radius 1 is 1.30 bits per heavy atom. The molecule has 0 saturated carbocycles. The van der Waals surface area contributed by atoms with Gasteiger partial charge in [-0.05, 0) is 43.2 Å². The molecule has 1 aliphatic rings. The lowest BCUT2D eigenvalue weighted by molar-refractivity contribution is 0.584. The van der Waals surface area contributed by atoms with E-state index in [1.165, 1.54) is 29.5 Å². The van der Waals surface area contributed by atoms with Crippen LogP contribution in [0.15, 0.2) is 35.3 Å². The van der Waals surface area contributed by atoms with Crippen molar-refractivity contribution in [3.8, 4) is 0 Å². The lowest BCUT2D eigenvalue weighted by Crippen LogP contribution is -2.43. The highest BCUT2D eigenvalue weighted by molar-refractivity contribution is 14.0. The maximum Gasteiger partial charge on any atom is 0.191 e. The lowest BCUT2D eigenvalue weighted by Gasteiger charge is -2.24. The molecule has 2 N–H and O–H groups in total. The number of aromatic nitrogens is 1. The zero-order valence-electron chi connectivity index (χ0n) is 16.6. The fraction of sp³-hybridized carbons (Fsp3) is 0.500.